The molecular formula is C10H15ClN2O. The highest BCUT2D eigenvalue weighted by molar-refractivity contribution is 6.33. The zero-order valence-electron chi connectivity index (χ0n) is 8.37. The number of hydrogen-bond acceptors (Lipinski definition) is 3. The SMILES string of the molecule is CN(C)c1cc(C(N)CO)ccc1Cl. The van der Waals surface area contributed by atoms with E-state index in [4.69, 9.17) is 22.4 Å². The van der Waals surface area contributed by atoms with Crippen LogP contribution in [0, 0.1) is 0 Å². The Morgan fingerprint density at radius 1 is 1.50 bits per heavy atom. The van der Waals surface area contributed by atoms with E-state index < -0.39 is 0 Å². The van der Waals surface area contributed by atoms with Gasteiger partial charge in [-0.15, -0.1) is 0 Å². The van der Waals surface area contributed by atoms with Gasteiger partial charge in [0, 0.05) is 14.1 Å². The van der Waals surface area contributed by atoms with Crippen LogP contribution in [0.15, 0.2) is 18.2 Å². The molecule has 4 heteroatoms. The van der Waals surface area contributed by atoms with Crippen molar-refractivity contribution in [1.82, 2.24) is 0 Å². The molecule has 1 rings (SSSR count). The molecule has 3 N–H and O–H groups in total. The van der Waals surface area contributed by atoms with Crippen LogP contribution in [-0.4, -0.2) is 25.8 Å². The normalized spacial score (nSPS) is 12.6. The van der Waals surface area contributed by atoms with E-state index in [1.54, 1.807) is 6.07 Å². The smallest absolute Gasteiger partial charge is 0.0639 e. The fourth-order valence-corrected chi connectivity index (χ4v) is 1.50. The van der Waals surface area contributed by atoms with Crippen LogP contribution in [0.3, 0.4) is 0 Å². The third-order valence-electron chi connectivity index (χ3n) is 2.08. The maximum absolute atomic E-state index is 8.92. The zero-order valence-corrected chi connectivity index (χ0v) is 9.12. The van der Waals surface area contributed by atoms with Crippen molar-refractivity contribution in [1.29, 1.82) is 0 Å². The zero-order chi connectivity index (χ0) is 10.7. The lowest BCUT2D eigenvalue weighted by atomic mass is 10.1. The van der Waals surface area contributed by atoms with Crippen LogP contribution in [0.4, 0.5) is 5.69 Å². The van der Waals surface area contributed by atoms with Gasteiger partial charge in [-0.05, 0) is 17.7 Å². The summed E-state index contributed by atoms with van der Waals surface area (Å²) < 4.78 is 0. The summed E-state index contributed by atoms with van der Waals surface area (Å²) in [5.41, 5.74) is 7.50. The second-order valence-electron chi connectivity index (χ2n) is 3.39. The number of benzene rings is 1. The molecule has 0 radical (unpaired) electrons. The molecule has 0 amide bonds. The van der Waals surface area contributed by atoms with Crippen molar-refractivity contribution in [2.45, 2.75) is 6.04 Å². The van der Waals surface area contributed by atoms with Crippen molar-refractivity contribution in [2.75, 3.05) is 25.6 Å². The molecule has 0 heterocycles. The quantitative estimate of drug-likeness (QED) is 0.800. The van der Waals surface area contributed by atoms with E-state index in [1.165, 1.54) is 0 Å². The molecule has 3 nitrogen and oxygen atoms in total. The number of aliphatic hydroxyl groups is 1. The molecule has 0 aliphatic carbocycles. The second-order valence-corrected chi connectivity index (χ2v) is 3.80. The molecule has 0 bridgehead atoms. The second kappa shape index (κ2) is 4.64. The predicted molar refractivity (Wildman–Crippen MR) is 59.8 cm³/mol. The molecule has 0 saturated carbocycles. The highest BCUT2D eigenvalue weighted by Crippen LogP contribution is 2.27. The van der Waals surface area contributed by atoms with Crippen LogP contribution in [0.5, 0.6) is 0 Å². The van der Waals surface area contributed by atoms with Crippen molar-refractivity contribution in [3.63, 3.8) is 0 Å². The molecule has 1 aromatic carbocycles. The maximum Gasteiger partial charge on any atom is 0.0639 e. The average Bonchev–Trinajstić information content (AvgIpc) is 2.17. The standard InChI is InChI=1S/C10H15ClN2O/c1-13(2)10-5-7(9(12)6-14)3-4-8(10)11/h3-5,9,14H,6,12H2,1-2H3. The Kier molecular flexibility index (Phi) is 3.75. The molecule has 0 aliphatic rings. The summed E-state index contributed by atoms with van der Waals surface area (Å²) in [7, 11) is 3.82. The predicted octanol–water partition coefficient (Wildman–Crippen LogP) is 1.40. The number of rotatable bonds is 3. The molecule has 78 valence electrons. The van der Waals surface area contributed by atoms with Crippen molar-refractivity contribution in [3.8, 4) is 0 Å². The van der Waals surface area contributed by atoms with Gasteiger partial charge in [0.25, 0.3) is 0 Å². The number of nitrogens with zero attached hydrogens (tertiary/aromatic N) is 1. The van der Waals surface area contributed by atoms with Crippen molar-refractivity contribution >= 4 is 17.3 Å². The lowest BCUT2D eigenvalue weighted by Gasteiger charge is -2.17. The average molecular weight is 215 g/mol. The topological polar surface area (TPSA) is 49.5 Å². The molecule has 1 unspecified atom stereocenters. The minimum absolute atomic E-state index is 0.0610. The number of nitrogens with two attached hydrogens (primary N) is 1. The van der Waals surface area contributed by atoms with Crippen LogP contribution in [0.2, 0.25) is 5.02 Å². The molecular weight excluding hydrogens is 200 g/mol. The highest BCUT2D eigenvalue weighted by Gasteiger charge is 2.08. The first kappa shape index (κ1) is 11.3. The Balaban J connectivity index is 3.06. The van der Waals surface area contributed by atoms with Crippen LogP contribution in [-0.2, 0) is 0 Å². The Bertz CT molecular complexity index is 315. The van der Waals surface area contributed by atoms with Gasteiger partial charge in [0.05, 0.1) is 23.4 Å². The van der Waals surface area contributed by atoms with Crippen molar-refractivity contribution in [2.24, 2.45) is 5.73 Å². The highest BCUT2D eigenvalue weighted by atomic mass is 35.5. The molecule has 0 aliphatic heterocycles. The third kappa shape index (κ3) is 2.38. The Hall–Kier alpha value is -0.770. The summed E-state index contributed by atoms with van der Waals surface area (Å²) in [4.78, 5) is 1.91. The Labute approximate surface area is 89.1 Å². The lowest BCUT2D eigenvalue weighted by Crippen LogP contribution is -2.16. The van der Waals surface area contributed by atoms with Gasteiger partial charge in [0.2, 0.25) is 0 Å². The molecule has 1 aromatic rings. The molecule has 0 fully saturated rings. The summed E-state index contributed by atoms with van der Waals surface area (Å²) in [6, 6.07) is 5.17. The first-order chi connectivity index (χ1) is 6.56. The van der Waals surface area contributed by atoms with Crippen molar-refractivity contribution < 1.29 is 5.11 Å². The molecule has 0 aromatic heterocycles. The van der Waals surface area contributed by atoms with Crippen LogP contribution >= 0.6 is 11.6 Å². The lowest BCUT2D eigenvalue weighted by molar-refractivity contribution is 0.268. The number of halogens is 1. The van der Waals surface area contributed by atoms with E-state index in [1.807, 2.05) is 31.1 Å². The van der Waals surface area contributed by atoms with Crippen LogP contribution < -0.4 is 10.6 Å². The van der Waals surface area contributed by atoms with Gasteiger partial charge in [-0.2, -0.15) is 0 Å². The van der Waals surface area contributed by atoms with E-state index in [0.29, 0.717) is 5.02 Å². The van der Waals surface area contributed by atoms with Crippen LogP contribution in [0.1, 0.15) is 11.6 Å². The van der Waals surface area contributed by atoms with Gasteiger partial charge in [-0.3, -0.25) is 0 Å². The van der Waals surface area contributed by atoms with Gasteiger partial charge in [0.1, 0.15) is 0 Å². The first-order valence-electron chi connectivity index (χ1n) is 4.39. The minimum atomic E-state index is -0.342. The van der Waals surface area contributed by atoms with E-state index >= 15 is 0 Å². The molecule has 1 atom stereocenters. The maximum atomic E-state index is 8.92. The molecule has 0 spiro atoms. The summed E-state index contributed by atoms with van der Waals surface area (Å²) >= 11 is 5.99. The number of aliphatic hydroxyl groups excluding tert-OH is 1. The summed E-state index contributed by atoms with van der Waals surface area (Å²) in [5, 5.41) is 9.60. The molecule has 14 heavy (non-hydrogen) atoms. The molecule has 0 saturated heterocycles. The largest absolute Gasteiger partial charge is 0.394 e. The van der Waals surface area contributed by atoms with Gasteiger partial charge in [-0.25, -0.2) is 0 Å². The van der Waals surface area contributed by atoms with Gasteiger partial charge < -0.3 is 15.7 Å². The van der Waals surface area contributed by atoms with E-state index in [-0.39, 0.29) is 12.6 Å². The monoisotopic (exact) mass is 214 g/mol. The van der Waals surface area contributed by atoms with Gasteiger partial charge in [-0.1, -0.05) is 17.7 Å². The van der Waals surface area contributed by atoms with E-state index in [9.17, 15) is 0 Å². The summed E-state index contributed by atoms with van der Waals surface area (Å²) in [6.45, 7) is -0.0610. The first-order valence-corrected chi connectivity index (χ1v) is 4.77. The third-order valence-corrected chi connectivity index (χ3v) is 2.40. The summed E-state index contributed by atoms with van der Waals surface area (Å²) in [5.74, 6) is 0. The summed E-state index contributed by atoms with van der Waals surface area (Å²) in [6.07, 6.45) is 0. The Morgan fingerprint density at radius 3 is 2.64 bits per heavy atom. The fraction of sp³-hybridized carbons (Fsp3) is 0.400. The Morgan fingerprint density at radius 2 is 2.14 bits per heavy atom. The number of anilines is 1. The minimum Gasteiger partial charge on any atom is -0.394 e. The van der Waals surface area contributed by atoms with Gasteiger partial charge >= 0.3 is 0 Å². The fourth-order valence-electron chi connectivity index (χ4n) is 1.21. The van der Waals surface area contributed by atoms with Crippen molar-refractivity contribution in [3.05, 3.63) is 28.8 Å². The van der Waals surface area contributed by atoms with Crippen LogP contribution in [0.25, 0.3) is 0 Å². The van der Waals surface area contributed by atoms with Gasteiger partial charge in [0.15, 0.2) is 0 Å². The number of hydrogen-bond donors (Lipinski definition) is 2. The van der Waals surface area contributed by atoms with E-state index in [0.717, 1.165) is 11.3 Å². The van der Waals surface area contributed by atoms with E-state index in [2.05, 4.69) is 0 Å².